The Kier molecular flexibility index (Phi) is 4.66. The highest BCUT2D eigenvalue weighted by molar-refractivity contribution is 6.05. The van der Waals surface area contributed by atoms with E-state index in [1.807, 2.05) is 24.0 Å². The standard InChI is InChI=1S/C21H24N4O3/c1-13-11-17(18-19(22-13)24(2)23-20(18)26)21(27)25-9-7-14(8-10-25)15-5-4-6-16(12-15)28-3/h4-6,11-12,14H,7-10H2,1-3H3,(H,23,26). The van der Waals surface area contributed by atoms with Crippen molar-refractivity contribution in [2.24, 2.45) is 7.05 Å². The first-order valence-corrected chi connectivity index (χ1v) is 9.47. The number of H-pyrrole nitrogens is 1. The molecule has 7 nitrogen and oxygen atoms in total. The molecule has 28 heavy (non-hydrogen) atoms. The van der Waals surface area contributed by atoms with Crippen LogP contribution in [-0.4, -0.2) is 45.8 Å². The van der Waals surface area contributed by atoms with Crippen LogP contribution in [0.4, 0.5) is 0 Å². The molecule has 2 aromatic heterocycles. The van der Waals surface area contributed by atoms with E-state index in [0.717, 1.165) is 24.3 Å². The van der Waals surface area contributed by atoms with Gasteiger partial charge in [0.05, 0.1) is 18.1 Å². The Morgan fingerprint density at radius 2 is 2.00 bits per heavy atom. The molecule has 3 aromatic rings. The first-order chi connectivity index (χ1) is 13.5. The van der Waals surface area contributed by atoms with Gasteiger partial charge in [-0.3, -0.25) is 19.4 Å². The lowest BCUT2D eigenvalue weighted by Crippen LogP contribution is -2.38. The number of aromatic nitrogens is 3. The molecule has 0 saturated carbocycles. The van der Waals surface area contributed by atoms with Gasteiger partial charge in [-0.25, -0.2) is 4.98 Å². The zero-order chi connectivity index (χ0) is 19.8. The van der Waals surface area contributed by atoms with Crippen molar-refractivity contribution in [2.75, 3.05) is 20.2 Å². The number of carbonyl (C=O) groups excluding carboxylic acids is 1. The number of carbonyl (C=O) groups is 1. The van der Waals surface area contributed by atoms with Crippen LogP contribution in [0.25, 0.3) is 11.0 Å². The van der Waals surface area contributed by atoms with E-state index < -0.39 is 0 Å². The summed E-state index contributed by atoms with van der Waals surface area (Å²) in [6.07, 6.45) is 1.77. The van der Waals surface area contributed by atoms with E-state index in [9.17, 15) is 9.59 Å². The van der Waals surface area contributed by atoms with Gasteiger partial charge < -0.3 is 9.64 Å². The molecule has 1 aliphatic rings. The number of likely N-dealkylation sites (tertiary alicyclic amines) is 1. The summed E-state index contributed by atoms with van der Waals surface area (Å²) in [7, 11) is 3.40. The molecule has 0 unspecified atom stereocenters. The molecular weight excluding hydrogens is 356 g/mol. The van der Waals surface area contributed by atoms with Crippen molar-refractivity contribution in [3.8, 4) is 5.75 Å². The number of aryl methyl sites for hydroxylation is 2. The minimum Gasteiger partial charge on any atom is -0.497 e. The molecule has 1 amide bonds. The monoisotopic (exact) mass is 380 g/mol. The molecule has 1 fully saturated rings. The lowest BCUT2D eigenvalue weighted by molar-refractivity contribution is 0.0714. The largest absolute Gasteiger partial charge is 0.497 e. The van der Waals surface area contributed by atoms with Crippen LogP contribution >= 0.6 is 0 Å². The molecule has 1 saturated heterocycles. The third-order valence-electron chi connectivity index (χ3n) is 5.52. The zero-order valence-electron chi connectivity index (χ0n) is 16.4. The normalized spacial score (nSPS) is 15.2. The van der Waals surface area contributed by atoms with Crippen LogP contribution in [0, 0.1) is 6.92 Å². The van der Waals surface area contributed by atoms with Gasteiger partial charge in [-0.2, -0.15) is 0 Å². The van der Waals surface area contributed by atoms with Crippen LogP contribution in [0.5, 0.6) is 5.75 Å². The molecule has 146 valence electrons. The second kappa shape index (κ2) is 7.14. The van der Waals surface area contributed by atoms with Crippen molar-refractivity contribution in [2.45, 2.75) is 25.7 Å². The van der Waals surface area contributed by atoms with E-state index in [1.165, 1.54) is 5.56 Å². The quantitative estimate of drug-likeness (QED) is 0.757. The fourth-order valence-corrected chi connectivity index (χ4v) is 4.03. The molecule has 0 atom stereocenters. The number of pyridine rings is 1. The summed E-state index contributed by atoms with van der Waals surface area (Å²) in [4.78, 5) is 31.8. The van der Waals surface area contributed by atoms with Gasteiger partial charge in [0.15, 0.2) is 5.65 Å². The lowest BCUT2D eigenvalue weighted by atomic mass is 9.89. The fraction of sp³-hybridized carbons (Fsp3) is 0.381. The van der Waals surface area contributed by atoms with Gasteiger partial charge in [-0.05, 0) is 49.4 Å². The molecule has 1 aromatic carbocycles. The Labute approximate surface area is 162 Å². The van der Waals surface area contributed by atoms with E-state index >= 15 is 0 Å². The molecule has 0 bridgehead atoms. The number of nitrogens with one attached hydrogen (secondary N) is 1. The molecule has 0 radical (unpaired) electrons. The number of rotatable bonds is 3. The number of hydrogen-bond donors (Lipinski definition) is 1. The van der Waals surface area contributed by atoms with Crippen LogP contribution in [0.1, 0.15) is 40.4 Å². The van der Waals surface area contributed by atoms with Crippen molar-refractivity contribution >= 4 is 16.9 Å². The van der Waals surface area contributed by atoms with Crippen molar-refractivity contribution in [1.29, 1.82) is 0 Å². The minimum absolute atomic E-state index is 0.101. The second-order valence-corrected chi connectivity index (χ2v) is 7.35. The Morgan fingerprint density at radius 1 is 1.25 bits per heavy atom. The van der Waals surface area contributed by atoms with Gasteiger partial charge >= 0.3 is 0 Å². The van der Waals surface area contributed by atoms with Crippen LogP contribution in [0.2, 0.25) is 0 Å². The highest BCUT2D eigenvalue weighted by Crippen LogP contribution is 2.31. The zero-order valence-corrected chi connectivity index (χ0v) is 16.4. The summed E-state index contributed by atoms with van der Waals surface area (Å²) < 4.78 is 6.89. The number of fused-ring (bicyclic) bond motifs is 1. The molecule has 7 heteroatoms. The number of piperidine rings is 1. The minimum atomic E-state index is -0.278. The Balaban J connectivity index is 1.56. The summed E-state index contributed by atoms with van der Waals surface area (Å²) in [5.41, 5.74) is 2.63. The van der Waals surface area contributed by atoms with E-state index in [0.29, 0.717) is 35.6 Å². The molecule has 1 aliphatic heterocycles. The Hall–Kier alpha value is -3.09. The third-order valence-corrected chi connectivity index (χ3v) is 5.52. The fourth-order valence-electron chi connectivity index (χ4n) is 4.03. The number of benzene rings is 1. The van der Waals surface area contributed by atoms with E-state index in [1.54, 1.807) is 24.9 Å². The predicted octanol–water partition coefficient (Wildman–Crippen LogP) is 2.60. The molecule has 1 N–H and O–H groups in total. The number of hydrogen-bond acceptors (Lipinski definition) is 4. The third kappa shape index (κ3) is 3.17. The number of nitrogens with zero attached hydrogens (tertiary/aromatic N) is 3. The molecule has 3 heterocycles. The maximum atomic E-state index is 13.2. The van der Waals surface area contributed by atoms with Gasteiger partial charge in [0, 0.05) is 25.8 Å². The van der Waals surface area contributed by atoms with Gasteiger partial charge in [-0.15, -0.1) is 0 Å². The van der Waals surface area contributed by atoms with Crippen LogP contribution < -0.4 is 10.3 Å². The average Bonchev–Trinajstić information content (AvgIpc) is 3.00. The topological polar surface area (TPSA) is 80.2 Å². The summed E-state index contributed by atoms with van der Waals surface area (Å²) in [6.45, 7) is 3.16. The second-order valence-electron chi connectivity index (χ2n) is 7.35. The number of ether oxygens (including phenoxy) is 1. The van der Waals surface area contributed by atoms with Crippen molar-refractivity contribution in [3.63, 3.8) is 0 Å². The lowest BCUT2D eigenvalue weighted by Gasteiger charge is -2.32. The highest BCUT2D eigenvalue weighted by atomic mass is 16.5. The van der Waals surface area contributed by atoms with Crippen LogP contribution in [0.15, 0.2) is 35.1 Å². The first-order valence-electron chi connectivity index (χ1n) is 9.47. The van der Waals surface area contributed by atoms with Crippen molar-refractivity contribution < 1.29 is 9.53 Å². The van der Waals surface area contributed by atoms with Gasteiger partial charge in [0.1, 0.15) is 5.75 Å². The smallest absolute Gasteiger partial charge is 0.274 e. The summed E-state index contributed by atoms with van der Waals surface area (Å²) in [5.74, 6) is 1.16. The number of methoxy groups -OCH3 is 1. The molecule has 0 spiro atoms. The predicted molar refractivity (Wildman–Crippen MR) is 107 cm³/mol. The SMILES string of the molecule is COc1cccc(C2CCN(C(=O)c3cc(C)nc4c3c(=O)[nH]n4C)CC2)c1. The van der Waals surface area contributed by atoms with E-state index in [-0.39, 0.29) is 11.5 Å². The van der Waals surface area contributed by atoms with E-state index in [4.69, 9.17) is 4.74 Å². The van der Waals surface area contributed by atoms with Gasteiger partial charge in [-0.1, -0.05) is 12.1 Å². The summed E-state index contributed by atoms with van der Waals surface area (Å²) in [5, 5.41) is 3.06. The molecule has 4 rings (SSSR count). The highest BCUT2D eigenvalue weighted by Gasteiger charge is 2.27. The van der Waals surface area contributed by atoms with Crippen LogP contribution in [0.3, 0.4) is 0 Å². The summed E-state index contributed by atoms with van der Waals surface area (Å²) >= 11 is 0. The Bertz CT molecular complexity index is 1090. The maximum Gasteiger partial charge on any atom is 0.274 e. The van der Waals surface area contributed by atoms with Crippen molar-refractivity contribution in [3.05, 3.63) is 57.5 Å². The number of amides is 1. The van der Waals surface area contributed by atoms with Crippen molar-refractivity contribution in [1.82, 2.24) is 19.7 Å². The summed E-state index contributed by atoms with van der Waals surface area (Å²) in [6, 6.07) is 9.85. The van der Waals surface area contributed by atoms with Gasteiger partial charge in [0.25, 0.3) is 11.5 Å². The Morgan fingerprint density at radius 3 is 2.71 bits per heavy atom. The molecular formula is C21H24N4O3. The van der Waals surface area contributed by atoms with Gasteiger partial charge in [0.2, 0.25) is 0 Å². The molecule has 0 aliphatic carbocycles. The van der Waals surface area contributed by atoms with Crippen LogP contribution in [-0.2, 0) is 7.05 Å². The van der Waals surface area contributed by atoms with E-state index in [2.05, 4.69) is 22.2 Å². The first kappa shape index (κ1) is 18.3. The number of aromatic amines is 1. The average molecular weight is 380 g/mol. The maximum absolute atomic E-state index is 13.2.